The molecule has 4 nitrogen and oxygen atoms in total. The first kappa shape index (κ1) is 14.4. The highest BCUT2D eigenvalue weighted by molar-refractivity contribution is 6.10. The number of nitrogens with one attached hydrogen (secondary N) is 2. The molecule has 3 aromatic rings. The number of carbonyl (C=O) groups excluding carboxylic acids is 1. The summed E-state index contributed by atoms with van der Waals surface area (Å²) in [5, 5.41) is 6.77. The number of anilines is 2. The minimum atomic E-state index is -0.331. The number of hydrogen-bond acceptors (Lipinski definition) is 3. The van der Waals surface area contributed by atoms with Crippen molar-refractivity contribution in [3.63, 3.8) is 0 Å². The highest BCUT2D eigenvalue weighted by atomic mass is 19.1. The molecular weight excluding hydrogens is 305 g/mol. The lowest BCUT2D eigenvalue weighted by Gasteiger charge is -2.19. The van der Waals surface area contributed by atoms with Crippen molar-refractivity contribution in [2.45, 2.75) is 6.42 Å². The second-order valence-electron chi connectivity index (χ2n) is 5.58. The number of aromatic nitrogens is 1. The van der Waals surface area contributed by atoms with Crippen molar-refractivity contribution in [2.75, 3.05) is 10.6 Å². The number of rotatable bonds is 2. The Labute approximate surface area is 138 Å². The van der Waals surface area contributed by atoms with Crippen LogP contribution in [-0.2, 0) is 11.2 Å². The normalized spacial score (nSPS) is 13.0. The SMILES string of the molecule is O=C(Nc1cccc2ncccc12)C1=CCc2ccc(F)cc2N1. The molecule has 5 heteroatoms. The van der Waals surface area contributed by atoms with E-state index < -0.39 is 0 Å². The van der Waals surface area contributed by atoms with E-state index in [1.807, 2.05) is 30.3 Å². The molecule has 2 heterocycles. The summed E-state index contributed by atoms with van der Waals surface area (Å²) in [7, 11) is 0. The van der Waals surface area contributed by atoms with Gasteiger partial charge in [-0.2, -0.15) is 0 Å². The fraction of sp³-hybridized carbons (Fsp3) is 0.0526. The van der Waals surface area contributed by atoms with E-state index in [1.54, 1.807) is 18.3 Å². The minimum absolute atomic E-state index is 0.263. The first-order valence-corrected chi connectivity index (χ1v) is 7.61. The van der Waals surface area contributed by atoms with Crippen molar-refractivity contribution in [1.29, 1.82) is 0 Å². The molecule has 24 heavy (non-hydrogen) atoms. The molecule has 0 aliphatic carbocycles. The highest BCUT2D eigenvalue weighted by Gasteiger charge is 2.17. The third-order valence-electron chi connectivity index (χ3n) is 4.01. The summed E-state index contributed by atoms with van der Waals surface area (Å²) in [6.07, 6.45) is 4.10. The predicted octanol–water partition coefficient (Wildman–Crippen LogP) is 3.86. The van der Waals surface area contributed by atoms with E-state index in [-0.39, 0.29) is 11.7 Å². The number of nitrogens with zero attached hydrogens (tertiary/aromatic N) is 1. The Kier molecular flexibility index (Phi) is 3.46. The maximum absolute atomic E-state index is 13.4. The first-order valence-electron chi connectivity index (χ1n) is 7.61. The van der Waals surface area contributed by atoms with Gasteiger partial charge in [0.25, 0.3) is 5.91 Å². The quantitative estimate of drug-likeness (QED) is 0.754. The van der Waals surface area contributed by atoms with Gasteiger partial charge in [-0.25, -0.2) is 4.39 Å². The van der Waals surface area contributed by atoms with Crippen LogP contribution in [0.5, 0.6) is 0 Å². The Bertz CT molecular complexity index is 976. The maximum Gasteiger partial charge on any atom is 0.271 e. The summed E-state index contributed by atoms with van der Waals surface area (Å²) < 4.78 is 13.4. The van der Waals surface area contributed by atoms with Crippen molar-refractivity contribution in [3.05, 3.63) is 77.9 Å². The van der Waals surface area contributed by atoms with Gasteiger partial charge in [-0.1, -0.05) is 18.2 Å². The Balaban J connectivity index is 1.60. The third kappa shape index (κ3) is 2.60. The first-order chi connectivity index (χ1) is 11.7. The average Bonchev–Trinajstić information content (AvgIpc) is 2.61. The van der Waals surface area contributed by atoms with Gasteiger partial charge in [0, 0.05) is 17.3 Å². The van der Waals surface area contributed by atoms with Crippen LogP contribution in [0.25, 0.3) is 10.9 Å². The van der Waals surface area contributed by atoms with Gasteiger partial charge >= 0.3 is 0 Å². The van der Waals surface area contributed by atoms with Crippen molar-refractivity contribution >= 4 is 28.2 Å². The summed E-state index contributed by atoms with van der Waals surface area (Å²) in [5.74, 6) is -0.593. The molecular formula is C19H14FN3O. The Morgan fingerprint density at radius 2 is 2.08 bits per heavy atom. The fourth-order valence-corrected chi connectivity index (χ4v) is 2.80. The lowest BCUT2D eigenvalue weighted by Crippen LogP contribution is -2.22. The number of carbonyl (C=O) groups is 1. The number of amides is 1. The summed E-state index contributed by atoms with van der Waals surface area (Å²) in [4.78, 5) is 16.8. The molecule has 1 aromatic heterocycles. The number of hydrogen-bond donors (Lipinski definition) is 2. The number of halogens is 1. The Hall–Kier alpha value is -3.21. The molecule has 1 aliphatic heterocycles. The molecule has 2 N–H and O–H groups in total. The molecule has 0 bridgehead atoms. The van der Waals surface area contributed by atoms with Crippen molar-refractivity contribution in [2.24, 2.45) is 0 Å². The smallest absolute Gasteiger partial charge is 0.271 e. The molecule has 0 fully saturated rings. The number of allylic oxidation sites excluding steroid dienone is 1. The molecule has 0 unspecified atom stereocenters. The zero-order chi connectivity index (χ0) is 16.5. The standard InChI is InChI=1S/C19H14FN3O/c20-13-8-6-12-7-9-17(22-18(12)11-13)19(24)23-16-5-1-4-15-14(16)3-2-10-21-15/h1-6,8-11,22H,7H2,(H,23,24). The molecule has 0 saturated carbocycles. The molecule has 4 rings (SSSR count). The van der Waals surface area contributed by atoms with E-state index in [0.29, 0.717) is 23.5 Å². The monoisotopic (exact) mass is 319 g/mol. The van der Waals surface area contributed by atoms with Crippen LogP contribution in [0.15, 0.2) is 66.5 Å². The maximum atomic E-state index is 13.4. The van der Waals surface area contributed by atoms with E-state index in [9.17, 15) is 9.18 Å². The number of fused-ring (bicyclic) bond motifs is 2. The van der Waals surface area contributed by atoms with Crippen LogP contribution in [0.2, 0.25) is 0 Å². The van der Waals surface area contributed by atoms with Gasteiger partial charge in [0.1, 0.15) is 11.5 Å². The largest absolute Gasteiger partial charge is 0.351 e. The van der Waals surface area contributed by atoms with E-state index in [1.165, 1.54) is 12.1 Å². The molecule has 1 aliphatic rings. The van der Waals surface area contributed by atoms with Crippen LogP contribution in [0.3, 0.4) is 0 Å². The predicted molar refractivity (Wildman–Crippen MR) is 92.2 cm³/mol. The molecule has 0 saturated heterocycles. The Morgan fingerprint density at radius 3 is 3.00 bits per heavy atom. The molecule has 0 atom stereocenters. The van der Waals surface area contributed by atoms with Gasteiger partial charge in [-0.3, -0.25) is 9.78 Å². The van der Waals surface area contributed by atoms with Crippen LogP contribution < -0.4 is 10.6 Å². The van der Waals surface area contributed by atoms with Gasteiger partial charge in [0.05, 0.1) is 11.2 Å². The lowest BCUT2D eigenvalue weighted by molar-refractivity contribution is -0.112. The summed E-state index contributed by atoms with van der Waals surface area (Å²) in [5.41, 5.74) is 3.50. The topological polar surface area (TPSA) is 54.0 Å². The summed E-state index contributed by atoms with van der Waals surface area (Å²) >= 11 is 0. The Morgan fingerprint density at radius 1 is 1.17 bits per heavy atom. The second-order valence-corrected chi connectivity index (χ2v) is 5.58. The molecule has 0 radical (unpaired) electrons. The third-order valence-corrected chi connectivity index (χ3v) is 4.01. The van der Waals surface area contributed by atoms with E-state index in [0.717, 1.165) is 16.5 Å². The van der Waals surface area contributed by atoms with Crippen LogP contribution in [0.1, 0.15) is 5.56 Å². The lowest BCUT2D eigenvalue weighted by atomic mass is 10.0. The van der Waals surface area contributed by atoms with Crippen LogP contribution in [0.4, 0.5) is 15.8 Å². The van der Waals surface area contributed by atoms with Crippen LogP contribution >= 0.6 is 0 Å². The molecule has 2 aromatic carbocycles. The van der Waals surface area contributed by atoms with Gasteiger partial charge < -0.3 is 10.6 Å². The minimum Gasteiger partial charge on any atom is -0.351 e. The van der Waals surface area contributed by atoms with E-state index >= 15 is 0 Å². The number of pyridine rings is 1. The zero-order valence-corrected chi connectivity index (χ0v) is 12.7. The summed E-state index contributed by atoms with van der Waals surface area (Å²) in [6, 6.07) is 13.8. The molecule has 1 amide bonds. The van der Waals surface area contributed by atoms with Gasteiger partial charge in [-0.15, -0.1) is 0 Å². The van der Waals surface area contributed by atoms with Gasteiger partial charge in [-0.05, 0) is 48.4 Å². The van der Waals surface area contributed by atoms with Crippen molar-refractivity contribution in [3.8, 4) is 0 Å². The molecule has 0 spiro atoms. The van der Waals surface area contributed by atoms with Crippen molar-refractivity contribution in [1.82, 2.24) is 4.98 Å². The van der Waals surface area contributed by atoms with E-state index in [2.05, 4.69) is 15.6 Å². The van der Waals surface area contributed by atoms with Crippen LogP contribution in [-0.4, -0.2) is 10.9 Å². The van der Waals surface area contributed by atoms with Crippen LogP contribution in [0, 0.1) is 5.82 Å². The zero-order valence-electron chi connectivity index (χ0n) is 12.7. The molecule has 118 valence electrons. The van der Waals surface area contributed by atoms with E-state index in [4.69, 9.17) is 0 Å². The van der Waals surface area contributed by atoms with Gasteiger partial charge in [0.15, 0.2) is 0 Å². The summed E-state index contributed by atoms with van der Waals surface area (Å²) in [6.45, 7) is 0. The highest BCUT2D eigenvalue weighted by Crippen LogP contribution is 2.26. The van der Waals surface area contributed by atoms with Gasteiger partial charge in [0.2, 0.25) is 0 Å². The number of benzene rings is 2. The average molecular weight is 319 g/mol. The van der Waals surface area contributed by atoms with Crippen molar-refractivity contribution < 1.29 is 9.18 Å². The fourth-order valence-electron chi connectivity index (χ4n) is 2.80. The second kappa shape index (κ2) is 5.77.